The molecule has 0 saturated carbocycles. The number of halogens is 1. The van der Waals surface area contributed by atoms with E-state index in [1.54, 1.807) is 0 Å². The molecule has 1 N–H and O–H groups in total. The minimum absolute atomic E-state index is 0.0758. The van der Waals surface area contributed by atoms with Crippen molar-refractivity contribution in [2.45, 2.75) is 24.9 Å². The molecule has 0 aliphatic carbocycles. The summed E-state index contributed by atoms with van der Waals surface area (Å²) in [7, 11) is 1.92. The van der Waals surface area contributed by atoms with Gasteiger partial charge in [0.25, 0.3) is 0 Å². The number of carbonyl (C=O) groups excluding carboxylic acids is 1. The molecule has 0 radical (unpaired) electrons. The zero-order valence-corrected chi connectivity index (χ0v) is 17.8. The minimum Gasteiger partial charge on any atom is -0.325 e. The Hall–Kier alpha value is -2.12. The van der Waals surface area contributed by atoms with Gasteiger partial charge in [-0.1, -0.05) is 65.8 Å². The minimum atomic E-state index is -0.0758. The number of thioether (sulfide) groups is 1. The Morgan fingerprint density at radius 2 is 1.78 bits per heavy atom. The van der Waals surface area contributed by atoms with Crippen LogP contribution in [-0.4, -0.2) is 26.4 Å². The van der Waals surface area contributed by atoms with E-state index in [1.807, 2.05) is 35.9 Å². The highest BCUT2D eigenvalue weighted by Gasteiger charge is 2.13. The van der Waals surface area contributed by atoms with Crippen LogP contribution in [0.2, 0.25) is 0 Å². The predicted molar refractivity (Wildman–Crippen MR) is 114 cm³/mol. The second kappa shape index (κ2) is 8.71. The molecule has 0 fully saturated rings. The third kappa shape index (κ3) is 4.99. The maximum atomic E-state index is 12.2. The summed E-state index contributed by atoms with van der Waals surface area (Å²) in [4.78, 5) is 12.2. The molecular formula is C20H21BrN4OS. The number of carbonyl (C=O) groups is 1. The van der Waals surface area contributed by atoms with E-state index in [9.17, 15) is 4.79 Å². The van der Waals surface area contributed by atoms with Crippen LogP contribution in [0.5, 0.6) is 0 Å². The summed E-state index contributed by atoms with van der Waals surface area (Å²) in [6.45, 7) is 4.34. The van der Waals surface area contributed by atoms with E-state index < -0.39 is 0 Å². The lowest BCUT2D eigenvalue weighted by molar-refractivity contribution is -0.113. The molecule has 0 aliphatic rings. The summed E-state index contributed by atoms with van der Waals surface area (Å²) in [6.07, 6.45) is 0. The van der Waals surface area contributed by atoms with E-state index in [0.29, 0.717) is 11.1 Å². The van der Waals surface area contributed by atoms with Crippen molar-refractivity contribution in [1.82, 2.24) is 14.8 Å². The number of anilines is 1. The van der Waals surface area contributed by atoms with E-state index in [1.165, 1.54) is 17.3 Å². The number of nitrogens with one attached hydrogen (secondary N) is 1. The van der Waals surface area contributed by atoms with Gasteiger partial charge in [-0.05, 0) is 35.7 Å². The van der Waals surface area contributed by atoms with Crippen molar-refractivity contribution in [3.63, 3.8) is 0 Å². The first-order chi connectivity index (χ1) is 12.9. The lowest BCUT2D eigenvalue weighted by Crippen LogP contribution is -2.14. The molecule has 3 rings (SSSR count). The van der Waals surface area contributed by atoms with Crippen LogP contribution >= 0.6 is 27.7 Å². The Kier molecular flexibility index (Phi) is 6.34. The van der Waals surface area contributed by atoms with Crippen molar-refractivity contribution in [3.8, 4) is 11.4 Å². The fourth-order valence-corrected chi connectivity index (χ4v) is 3.54. The molecule has 7 heteroatoms. The Bertz CT molecular complexity index is 920. The lowest BCUT2D eigenvalue weighted by Gasteiger charge is -2.07. The van der Waals surface area contributed by atoms with Crippen molar-refractivity contribution in [2.24, 2.45) is 7.05 Å². The number of amides is 1. The number of hydrogen-bond donors (Lipinski definition) is 1. The second-order valence-electron chi connectivity index (χ2n) is 6.49. The van der Waals surface area contributed by atoms with Gasteiger partial charge in [-0.3, -0.25) is 4.79 Å². The van der Waals surface area contributed by atoms with E-state index in [2.05, 4.69) is 69.6 Å². The van der Waals surface area contributed by atoms with Crippen molar-refractivity contribution >= 4 is 39.3 Å². The predicted octanol–water partition coefficient (Wildman–Crippen LogP) is 5.10. The highest BCUT2D eigenvalue weighted by atomic mass is 79.9. The Balaban J connectivity index is 1.63. The van der Waals surface area contributed by atoms with Crippen LogP contribution in [0.1, 0.15) is 25.3 Å². The number of benzene rings is 2. The molecule has 0 aliphatic heterocycles. The lowest BCUT2D eigenvalue weighted by atomic mass is 10.0. The molecule has 140 valence electrons. The molecule has 27 heavy (non-hydrogen) atoms. The van der Waals surface area contributed by atoms with E-state index in [0.717, 1.165) is 21.5 Å². The van der Waals surface area contributed by atoms with Gasteiger partial charge in [0.05, 0.1) is 5.75 Å². The van der Waals surface area contributed by atoms with Crippen molar-refractivity contribution < 1.29 is 4.79 Å². The number of hydrogen-bond acceptors (Lipinski definition) is 4. The maximum Gasteiger partial charge on any atom is 0.234 e. The normalized spacial score (nSPS) is 11.0. The van der Waals surface area contributed by atoms with Crippen LogP contribution in [0.25, 0.3) is 11.4 Å². The SMILES string of the molecule is CC(C)c1ccc(-c2nnc(SCC(=O)Nc3ccc(Br)cc3)n2C)cc1. The number of rotatable bonds is 6. The van der Waals surface area contributed by atoms with Gasteiger partial charge in [0.2, 0.25) is 5.91 Å². The van der Waals surface area contributed by atoms with Gasteiger partial charge >= 0.3 is 0 Å². The summed E-state index contributed by atoms with van der Waals surface area (Å²) < 4.78 is 2.89. The highest BCUT2D eigenvalue weighted by Crippen LogP contribution is 2.24. The third-order valence-electron chi connectivity index (χ3n) is 4.13. The molecule has 3 aromatic rings. The van der Waals surface area contributed by atoms with Crippen molar-refractivity contribution in [3.05, 3.63) is 58.6 Å². The van der Waals surface area contributed by atoms with Crippen LogP contribution in [-0.2, 0) is 11.8 Å². The second-order valence-corrected chi connectivity index (χ2v) is 8.34. The van der Waals surface area contributed by atoms with Crippen LogP contribution in [0, 0.1) is 0 Å². The average Bonchev–Trinajstić information content (AvgIpc) is 3.02. The summed E-state index contributed by atoms with van der Waals surface area (Å²) >= 11 is 4.75. The quantitative estimate of drug-likeness (QED) is 0.537. The molecular weight excluding hydrogens is 424 g/mol. The zero-order chi connectivity index (χ0) is 19.4. The van der Waals surface area contributed by atoms with Gasteiger partial charge < -0.3 is 9.88 Å². The van der Waals surface area contributed by atoms with Gasteiger partial charge in [-0.25, -0.2) is 0 Å². The molecule has 1 aromatic heterocycles. The molecule has 0 bridgehead atoms. The standard InChI is InChI=1S/C20H21BrN4OS/c1-13(2)14-4-6-15(7-5-14)19-23-24-20(25(19)3)27-12-18(26)22-17-10-8-16(21)9-11-17/h4-11,13H,12H2,1-3H3,(H,22,26). The van der Waals surface area contributed by atoms with Gasteiger partial charge in [-0.2, -0.15) is 0 Å². The topological polar surface area (TPSA) is 59.8 Å². The van der Waals surface area contributed by atoms with Crippen LogP contribution in [0.15, 0.2) is 58.2 Å². The molecule has 0 atom stereocenters. The molecule has 5 nitrogen and oxygen atoms in total. The first kappa shape index (κ1) is 19.6. The van der Waals surface area contributed by atoms with Crippen LogP contribution < -0.4 is 5.32 Å². The zero-order valence-electron chi connectivity index (χ0n) is 15.4. The molecule has 1 amide bonds. The Morgan fingerprint density at radius 3 is 2.41 bits per heavy atom. The fourth-order valence-electron chi connectivity index (χ4n) is 2.57. The van der Waals surface area contributed by atoms with Crippen LogP contribution in [0.3, 0.4) is 0 Å². The van der Waals surface area contributed by atoms with Crippen LogP contribution in [0.4, 0.5) is 5.69 Å². The Morgan fingerprint density at radius 1 is 1.11 bits per heavy atom. The maximum absolute atomic E-state index is 12.2. The van der Waals surface area contributed by atoms with Gasteiger partial charge in [0, 0.05) is 22.8 Å². The first-order valence-corrected chi connectivity index (χ1v) is 10.4. The molecule has 0 spiro atoms. The first-order valence-electron chi connectivity index (χ1n) is 8.62. The number of nitrogens with zero attached hydrogens (tertiary/aromatic N) is 3. The van der Waals surface area contributed by atoms with E-state index in [-0.39, 0.29) is 11.7 Å². The Labute approximate surface area is 171 Å². The molecule has 1 heterocycles. The third-order valence-corrected chi connectivity index (χ3v) is 5.68. The van der Waals surface area contributed by atoms with Crippen molar-refractivity contribution in [2.75, 3.05) is 11.1 Å². The van der Waals surface area contributed by atoms with Crippen molar-refractivity contribution in [1.29, 1.82) is 0 Å². The van der Waals surface area contributed by atoms with Gasteiger partial charge in [-0.15, -0.1) is 10.2 Å². The summed E-state index contributed by atoms with van der Waals surface area (Å²) in [5.74, 6) is 1.48. The number of aromatic nitrogens is 3. The summed E-state index contributed by atoms with van der Waals surface area (Å²) in [6, 6.07) is 15.9. The van der Waals surface area contributed by atoms with Gasteiger partial charge in [0.15, 0.2) is 11.0 Å². The summed E-state index contributed by atoms with van der Waals surface area (Å²) in [5, 5.41) is 12.1. The highest BCUT2D eigenvalue weighted by molar-refractivity contribution is 9.10. The van der Waals surface area contributed by atoms with E-state index in [4.69, 9.17) is 0 Å². The monoisotopic (exact) mass is 444 g/mol. The largest absolute Gasteiger partial charge is 0.325 e. The summed E-state index contributed by atoms with van der Waals surface area (Å²) in [5.41, 5.74) is 3.08. The average molecular weight is 445 g/mol. The fraction of sp³-hybridized carbons (Fsp3) is 0.250. The molecule has 0 unspecified atom stereocenters. The smallest absolute Gasteiger partial charge is 0.234 e. The van der Waals surface area contributed by atoms with E-state index >= 15 is 0 Å². The molecule has 0 saturated heterocycles. The van der Waals surface area contributed by atoms with Gasteiger partial charge in [0.1, 0.15) is 0 Å². The molecule has 2 aromatic carbocycles.